The Labute approximate surface area is 96.5 Å². The van der Waals surface area contributed by atoms with Crippen LogP contribution in [0.25, 0.3) is 0 Å². The summed E-state index contributed by atoms with van der Waals surface area (Å²) in [5, 5.41) is 0. The molecule has 87 valence electrons. The Morgan fingerprint density at radius 1 is 1.00 bits per heavy atom. The molecule has 0 aromatic rings. The third-order valence-electron chi connectivity index (χ3n) is 2.53. The Hall–Kier alpha value is -0.520. The minimum absolute atomic E-state index is 1.22. The second-order valence-electron chi connectivity index (χ2n) is 4.23. The lowest BCUT2D eigenvalue weighted by Crippen LogP contribution is -1.79. The fraction of sp³-hybridized carbons (Fsp3) is 0.667. The van der Waals surface area contributed by atoms with Crippen molar-refractivity contribution < 1.29 is 0 Å². The minimum Gasteiger partial charge on any atom is -0.0879 e. The summed E-state index contributed by atoms with van der Waals surface area (Å²) < 4.78 is 0. The van der Waals surface area contributed by atoms with Crippen LogP contribution in [0.1, 0.15) is 65.7 Å². The first-order valence-corrected chi connectivity index (χ1v) is 6.46. The van der Waals surface area contributed by atoms with E-state index in [0.29, 0.717) is 0 Å². The van der Waals surface area contributed by atoms with Gasteiger partial charge in [-0.15, -0.1) is 0 Å². The summed E-state index contributed by atoms with van der Waals surface area (Å²) in [6.45, 7) is 6.71. The van der Waals surface area contributed by atoms with Crippen molar-refractivity contribution in [2.24, 2.45) is 0 Å². The molecule has 0 aromatic heterocycles. The Morgan fingerprint density at radius 2 is 1.73 bits per heavy atom. The van der Waals surface area contributed by atoms with E-state index in [0.717, 1.165) is 0 Å². The van der Waals surface area contributed by atoms with E-state index in [1.165, 1.54) is 50.5 Å². The first-order valence-electron chi connectivity index (χ1n) is 6.46. The van der Waals surface area contributed by atoms with Gasteiger partial charge in [-0.1, -0.05) is 63.3 Å². The summed E-state index contributed by atoms with van der Waals surface area (Å²) in [7, 11) is 0. The lowest BCUT2D eigenvalue weighted by atomic mass is 10.1. The number of unbranched alkanes of at least 4 members (excludes halogenated alkanes) is 4. The van der Waals surface area contributed by atoms with Gasteiger partial charge in [-0.25, -0.2) is 0 Å². The average Bonchev–Trinajstić information content (AvgIpc) is 2.23. The van der Waals surface area contributed by atoms with Gasteiger partial charge >= 0.3 is 0 Å². The third kappa shape index (κ3) is 11.4. The largest absolute Gasteiger partial charge is 0.0879 e. The molecule has 0 aliphatic carbocycles. The Morgan fingerprint density at radius 3 is 2.40 bits per heavy atom. The van der Waals surface area contributed by atoms with Gasteiger partial charge in [0.15, 0.2) is 0 Å². The smallest absolute Gasteiger partial charge is 0.00468 e. The highest BCUT2D eigenvalue weighted by Gasteiger charge is 1.89. The molecule has 0 fully saturated rings. The van der Waals surface area contributed by atoms with Crippen LogP contribution in [0.4, 0.5) is 0 Å². The summed E-state index contributed by atoms with van der Waals surface area (Å²) in [6.07, 6.45) is 18.0. The number of hydrogen-bond donors (Lipinski definition) is 0. The molecular weight excluding hydrogens is 180 g/mol. The van der Waals surface area contributed by atoms with Gasteiger partial charge in [0.1, 0.15) is 0 Å². The van der Waals surface area contributed by atoms with Crippen LogP contribution < -0.4 is 0 Å². The van der Waals surface area contributed by atoms with E-state index in [1.807, 2.05) is 0 Å². The van der Waals surface area contributed by atoms with Crippen molar-refractivity contribution >= 4 is 0 Å². The van der Waals surface area contributed by atoms with Crippen LogP contribution in [0.5, 0.6) is 0 Å². The van der Waals surface area contributed by atoms with Crippen molar-refractivity contribution in [3.8, 4) is 0 Å². The molecule has 0 unspecified atom stereocenters. The average molecular weight is 207 g/mol. The predicted molar refractivity (Wildman–Crippen MR) is 70.9 cm³/mol. The molecule has 0 saturated carbocycles. The van der Waals surface area contributed by atoms with E-state index in [-0.39, 0.29) is 0 Å². The van der Waals surface area contributed by atoms with E-state index in [4.69, 9.17) is 0 Å². The van der Waals surface area contributed by atoms with E-state index in [2.05, 4.69) is 45.4 Å². The molecule has 0 heterocycles. The van der Waals surface area contributed by atoms with Crippen molar-refractivity contribution in [2.45, 2.75) is 65.7 Å². The highest BCUT2D eigenvalue weighted by Crippen LogP contribution is 2.08. The molecule has 0 heteroatoms. The maximum Gasteiger partial charge on any atom is 0.00468 e. The van der Waals surface area contributed by atoms with Crippen LogP contribution in [0.3, 0.4) is 0 Å². The van der Waals surface area contributed by atoms with Crippen LogP contribution >= 0.6 is 0 Å². The zero-order chi connectivity index (χ0) is 11.4. The molecule has 0 aliphatic heterocycles. The SMILES string of the molecule is CCCCC=C[CH]C=C(C)CCCCC. The first-order chi connectivity index (χ1) is 7.31. The monoisotopic (exact) mass is 207 g/mol. The van der Waals surface area contributed by atoms with Gasteiger partial charge in [-0.05, 0) is 26.2 Å². The van der Waals surface area contributed by atoms with Crippen molar-refractivity contribution in [1.29, 1.82) is 0 Å². The normalized spacial score (nSPS) is 12.6. The summed E-state index contributed by atoms with van der Waals surface area (Å²) in [5.41, 5.74) is 1.50. The van der Waals surface area contributed by atoms with Crippen LogP contribution in [-0.4, -0.2) is 0 Å². The van der Waals surface area contributed by atoms with Crippen LogP contribution in [-0.2, 0) is 0 Å². The second kappa shape index (κ2) is 11.6. The molecular formula is C15H27. The van der Waals surface area contributed by atoms with E-state index >= 15 is 0 Å². The molecule has 0 amide bonds. The Kier molecular flexibility index (Phi) is 11.2. The molecule has 0 bridgehead atoms. The summed E-state index contributed by atoms with van der Waals surface area (Å²) in [6, 6.07) is 0. The lowest BCUT2D eigenvalue weighted by molar-refractivity contribution is 0.713. The minimum atomic E-state index is 1.22. The fourth-order valence-electron chi connectivity index (χ4n) is 1.45. The zero-order valence-electron chi connectivity index (χ0n) is 10.8. The summed E-state index contributed by atoms with van der Waals surface area (Å²) >= 11 is 0. The van der Waals surface area contributed by atoms with Gasteiger partial charge < -0.3 is 0 Å². The highest BCUT2D eigenvalue weighted by atomic mass is 13.9. The van der Waals surface area contributed by atoms with Gasteiger partial charge in [-0.3, -0.25) is 0 Å². The van der Waals surface area contributed by atoms with E-state index in [9.17, 15) is 0 Å². The van der Waals surface area contributed by atoms with Gasteiger partial charge in [0, 0.05) is 6.42 Å². The molecule has 0 N–H and O–H groups in total. The Bertz CT molecular complexity index is 174. The predicted octanol–water partition coefficient (Wildman–Crippen LogP) is 5.46. The quantitative estimate of drug-likeness (QED) is 0.440. The second-order valence-corrected chi connectivity index (χ2v) is 4.23. The van der Waals surface area contributed by atoms with Gasteiger partial charge in [0.2, 0.25) is 0 Å². The molecule has 15 heavy (non-hydrogen) atoms. The summed E-state index contributed by atoms with van der Waals surface area (Å²) in [5.74, 6) is 0. The third-order valence-corrected chi connectivity index (χ3v) is 2.53. The molecule has 0 aliphatic rings. The van der Waals surface area contributed by atoms with Crippen LogP contribution in [0.15, 0.2) is 23.8 Å². The molecule has 0 spiro atoms. The highest BCUT2D eigenvalue weighted by molar-refractivity contribution is 5.13. The van der Waals surface area contributed by atoms with Crippen LogP contribution in [0.2, 0.25) is 0 Å². The van der Waals surface area contributed by atoms with Crippen molar-refractivity contribution in [2.75, 3.05) is 0 Å². The van der Waals surface area contributed by atoms with E-state index < -0.39 is 0 Å². The van der Waals surface area contributed by atoms with Gasteiger partial charge in [-0.2, -0.15) is 0 Å². The standard InChI is InChI=1S/C15H27/c1-4-6-8-9-10-12-14-15(3)13-11-7-5-2/h9-10,12,14H,4-8,11,13H2,1-3H3. The molecule has 0 saturated heterocycles. The molecule has 1 radical (unpaired) electrons. The van der Waals surface area contributed by atoms with Crippen molar-refractivity contribution in [3.05, 3.63) is 30.2 Å². The molecule has 0 rings (SSSR count). The zero-order valence-corrected chi connectivity index (χ0v) is 10.8. The van der Waals surface area contributed by atoms with Crippen molar-refractivity contribution in [1.82, 2.24) is 0 Å². The maximum absolute atomic E-state index is 2.26. The van der Waals surface area contributed by atoms with Gasteiger partial charge in [0.05, 0.1) is 0 Å². The first kappa shape index (κ1) is 14.5. The molecule has 0 aromatic carbocycles. The van der Waals surface area contributed by atoms with Gasteiger partial charge in [0.25, 0.3) is 0 Å². The van der Waals surface area contributed by atoms with Crippen molar-refractivity contribution in [3.63, 3.8) is 0 Å². The number of rotatable bonds is 9. The van der Waals surface area contributed by atoms with E-state index in [1.54, 1.807) is 0 Å². The lowest BCUT2D eigenvalue weighted by Gasteiger charge is -1.98. The molecule has 0 nitrogen and oxygen atoms in total. The maximum atomic E-state index is 2.26. The molecule has 0 atom stereocenters. The number of hydrogen-bond acceptors (Lipinski definition) is 0. The summed E-state index contributed by atoms with van der Waals surface area (Å²) in [4.78, 5) is 0. The topological polar surface area (TPSA) is 0 Å². The fourth-order valence-corrected chi connectivity index (χ4v) is 1.45. The number of allylic oxidation sites excluding steroid dienone is 4. The Balaban J connectivity index is 3.44. The van der Waals surface area contributed by atoms with Crippen LogP contribution in [0, 0.1) is 6.42 Å².